The molecule has 160 valence electrons. The maximum Gasteiger partial charge on any atom is 0.348 e. The van der Waals surface area contributed by atoms with Crippen LogP contribution in [0.3, 0.4) is 0 Å². The number of carbonyl (C=O) groups excluding carboxylic acids is 2. The van der Waals surface area contributed by atoms with E-state index >= 15 is 0 Å². The first kappa shape index (κ1) is 22.7. The van der Waals surface area contributed by atoms with Crippen LogP contribution < -0.4 is 16.0 Å². The van der Waals surface area contributed by atoms with Crippen molar-refractivity contribution in [2.24, 2.45) is 0 Å². The lowest BCUT2D eigenvalue weighted by Crippen LogP contribution is -2.17. The van der Waals surface area contributed by atoms with Gasteiger partial charge in [-0.1, -0.05) is 0 Å². The van der Waals surface area contributed by atoms with Gasteiger partial charge in [-0.15, -0.1) is 0 Å². The molecule has 11 nitrogen and oxygen atoms in total. The molecule has 0 fully saturated rings. The molecule has 12 heteroatoms. The first-order valence-electron chi connectivity index (χ1n) is 8.98. The van der Waals surface area contributed by atoms with E-state index in [0.29, 0.717) is 25.1 Å². The normalized spacial score (nSPS) is 10.3. The van der Waals surface area contributed by atoms with E-state index in [2.05, 4.69) is 20.9 Å². The predicted molar refractivity (Wildman–Crippen MR) is 112 cm³/mol. The number of hydrogen-bond donors (Lipinski definition) is 4. The topological polar surface area (TPSA) is 164 Å². The molecule has 0 aliphatic carbocycles. The van der Waals surface area contributed by atoms with Crippen molar-refractivity contribution in [1.29, 1.82) is 0 Å². The fourth-order valence-electron chi connectivity index (χ4n) is 2.55. The van der Waals surface area contributed by atoms with Crippen LogP contribution in [0.1, 0.15) is 42.2 Å². The molecule has 0 saturated carbocycles. The van der Waals surface area contributed by atoms with Crippen LogP contribution in [-0.2, 0) is 9.59 Å². The number of carbonyl (C=O) groups is 3. The van der Waals surface area contributed by atoms with Gasteiger partial charge in [-0.2, -0.15) is 0 Å². The van der Waals surface area contributed by atoms with Crippen LogP contribution in [0.4, 0.5) is 21.5 Å². The number of hydrogen-bond acceptors (Lipinski definition) is 8. The number of nitrogens with one attached hydrogen (secondary N) is 3. The zero-order valence-electron chi connectivity index (χ0n) is 16.4. The summed E-state index contributed by atoms with van der Waals surface area (Å²) in [6.45, 7) is 3.31. The number of thiazole rings is 1. The lowest BCUT2D eigenvalue weighted by atomic mass is 10.1. The molecule has 30 heavy (non-hydrogen) atoms. The summed E-state index contributed by atoms with van der Waals surface area (Å²) in [5.74, 6) is -1.79. The summed E-state index contributed by atoms with van der Waals surface area (Å²) in [5, 5.41) is 27.7. The van der Waals surface area contributed by atoms with Crippen molar-refractivity contribution in [2.45, 2.75) is 33.1 Å². The number of aryl methyl sites for hydroxylation is 1. The van der Waals surface area contributed by atoms with Crippen molar-refractivity contribution in [3.05, 3.63) is 39.6 Å². The molecule has 4 N–H and O–H groups in total. The zero-order valence-corrected chi connectivity index (χ0v) is 17.2. The van der Waals surface area contributed by atoms with Crippen molar-refractivity contribution in [3.63, 3.8) is 0 Å². The first-order chi connectivity index (χ1) is 14.2. The Labute approximate surface area is 175 Å². The van der Waals surface area contributed by atoms with Gasteiger partial charge in [0.2, 0.25) is 5.91 Å². The molecular formula is C18H21N5O6S. The smallest absolute Gasteiger partial charge is 0.348 e. The third kappa shape index (κ3) is 6.51. The molecule has 2 rings (SSSR count). The summed E-state index contributed by atoms with van der Waals surface area (Å²) < 4.78 is 0. The van der Waals surface area contributed by atoms with Crippen molar-refractivity contribution in [3.8, 4) is 0 Å². The van der Waals surface area contributed by atoms with Gasteiger partial charge in [0.15, 0.2) is 5.13 Å². The molecule has 0 saturated heterocycles. The van der Waals surface area contributed by atoms with Gasteiger partial charge in [0.1, 0.15) is 5.69 Å². The summed E-state index contributed by atoms with van der Waals surface area (Å²) in [4.78, 5) is 49.1. The van der Waals surface area contributed by atoms with E-state index in [1.807, 2.05) is 0 Å². The number of carboxylic acids is 1. The summed E-state index contributed by atoms with van der Waals surface area (Å²) in [5.41, 5.74) is 1.27. The van der Waals surface area contributed by atoms with Gasteiger partial charge in [-0.3, -0.25) is 29.8 Å². The van der Waals surface area contributed by atoms with Gasteiger partial charge in [-0.05, 0) is 49.3 Å². The fourth-order valence-corrected chi connectivity index (χ4v) is 3.33. The van der Waals surface area contributed by atoms with Crippen LogP contribution >= 0.6 is 11.3 Å². The molecule has 0 spiro atoms. The number of rotatable bonds is 10. The Kier molecular flexibility index (Phi) is 7.81. The Hall–Kier alpha value is -3.54. The quantitative estimate of drug-likeness (QED) is 0.251. The number of anilines is 3. The van der Waals surface area contributed by atoms with E-state index in [-0.39, 0.29) is 39.4 Å². The Morgan fingerprint density at radius 1 is 1.23 bits per heavy atom. The summed E-state index contributed by atoms with van der Waals surface area (Å²) in [6.07, 6.45) is 1.26. The lowest BCUT2D eigenvalue weighted by Gasteiger charge is -2.13. The fraction of sp³-hybridized carbons (Fsp3) is 0.333. The number of unbranched alkanes of at least 4 members (excludes halogenated alkanes) is 1. The van der Waals surface area contributed by atoms with Crippen LogP contribution in [0.15, 0.2) is 18.2 Å². The molecule has 1 aromatic heterocycles. The molecule has 0 atom stereocenters. The number of aliphatic carboxylic acids is 1. The number of aromatic nitrogens is 1. The largest absolute Gasteiger partial charge is 0.481 e. The van der Waals surface area contributed by atoms with Gasteiger partial charge in [0, 0.05) is 25.6 Å². The van der Waals surface area contributed by atoms with Crippen LogP contribution in [0, 0.1) is 17.0 Å². The van der Waals surface area contributed by atoms with Crippen LogP contribution in [0.5, 0.6) is 0 Å². The summed E-state index contributed by atoms with van der Waals surface area (Å²) in [7, 11) is 0. The first-order valence-corrected chi connectivity index (χ1v) is 9.79. The van der Waals surface area contributed by atoms with Crippen LogP contribution in [0.2, 0.25) is 0 Å². The molecule has 1 heterocycles. The van der Waals surface area contributed by atoms with Crippen molar-refractivity contribution >= 4 is 50.6 Å². The molecule has 2 amide bonds. The number of nitro groups is 1. The highest BCUT2D eigenvalue weighted by Gasteiger charge is 2.20. The van der Waals surface area contributed by atoms with E-state index in [0.717, 1.165) is 11.3 Å². The van der Waals surface area contributed by atoms with Crippen molar-refractivity contribution < 1.29 is 24.4 Å². The maximum absolute atomic E-state index is 12.6. The molecule has 2 aromatic rings. The number of carboxylic acid groups (broad SMARTS) is 1. The van der Waals surface area contributed by atoms with E-state index in [1.54, 1.807) is 12.1 Å². The predicted octanol–water partition coefficient (Wildman–Crippen LogP) is 3.24. The van der Waals surface area contributed by atoms with Gasteiger partial charge in [-0.25, -0.2) is 4.98 Å². The Bertz CT molecular complexity index is 974. The minimum atomic E-state index is -0.848. The molecule has 1 aromatic carbocycles. The van der Waals surface area contributed by atoms with E-state index in [4.69, 9.17) is 5.11 Å². The molecule has 0 aliphatic rings. The molecule has 0 bridgehead atoms. The Morgan fingerprint density at radius 3 is 2.57 bits per heavy atom. The molecular weight excluding hydrogens is 414 g/mol. The van der Waals surface area contributed by atoms with E-state index in [1.165, 1.54) is 19.9 Å². The standard InChI is InChI=1S/C18H21N5O6S/c1-10-17(23(28)29)30-18(20-10)22-16(27)13-7-6-12(9-14(13)21-11(2)24)19-8-4-3-5-15(25)26/h6-7,9,19H,3-5,8H2,1-2H3,(H,21,24)(H,25,26)(H,20,22,27). The molecule has 0 radical (unpaired) electrons. The number of amides is 2. The van der Waals surface area contributed by atoms with Gasteiger partial charge in [0.25, 0.3) is 5.91 Å². The number of benzene rings is 1. The van der Waals surface area contributed by atoms with E-state index < -0.39 is 16.8 Å². The van der Waals surface area contributed by atoms with Crippen LogP contribution in [-0.4, -0.2) is 39.3 Å². The van der Waals surface area contributed by atoms with E-state index in [9.17, 15) is 24.5 Å². The minimum Gasteiger partial charge on any atom is -0.481 e. The Balaban J connectivity index is 2.12. The third-order valence-corrected chi connectivity index (χ3v) is 4.90. The average molecular weight is 435 g/mol. The summed E-state index contributed by atoms with van der Waals surface area (Å²) >= 11 is 0.748. The second kappa shape index (κ2) is 10.3. The molecule has 0 unspecified atom stereocenters. The van der Waals surface area contributed by atoms with Crippen molar-refractivity contribution in [2.75, 3.05) is 22.5 Å². The highest BCUT2D eigenvalue weighted by atomic mass is 32.1. The Morgan fingerprint density at radius 2 is 1.97 bits per heavy atom. The highest BCUT2D eigenvalue weighted by Crippen LogP contribution is 2.30. The zero-order chi connectivity index (χ0) is 22.3. The average Bonchev–Trinajstić information content (AvgIpc) is 3.01. The third-order valence-electron chi connectivity index (χ3n) is 3.88. The summed E-state index contributed by atoms with van der Waals surface area (Å²) in [6, 6.07) is 4.74. The second-order valence-corrected chi connectivity index (χ2v) is 7.32. The van der Waals surface area contributed by atoms with Gasteiger partial charge >= 0.3 is 11.0 Å². The second-order valence-electron chi connectivity index (χ2n) is 6.34. The van der Waals surface area contributed by atoms with Gasteiger partial charge < -0.3 is 15.7 Å². The maximum atomic E-state index is 12.6. The van der Waals surface area contributed by atoms with Gasteiger partial charge in [0.05, 0.1) is 16.2 Å². The number of nitrogens with zero attached hydrogens (tertiary/aromatic N) is 2. The van der Waals surface area contributed by atoms with Crippen molar-refractivity contribution in [1.82, 2.24) is 4.98 Å². The minimum absolute atomic E-state index is 0.0820. The SMILES string of the molecule is CC(=O)Nc1cc(NCCCCC(=O)O)ccc1C(=O)Nc1nc(C)c([N+](=O)[O-])s1. The van der Waals surface area contributed by atoms with Crippen LogP contribution in [0.25, 0.3) is 0 Å². The molecule has 0 aliphatic heterocycles. The monoisotopic (exact) mass is 435 g/mol. The lowest BCUT2D eigenvalue weighted by molar-refractivity contribution is -0.380. The highest BCUT2D eigenvalue weighted by molar-refractivity contribution is 7.19.